The van der Waals surface area contributed by atoms with E-state index >= 15 is 0 Å². The van der Waals surface area contributed by atoms with Crippen LogP contribution < -0.4 is 14.8 Å². The highest BCUT2D eigenvalue weighted by atomic mass is 16.5. The predicted molar refractivity (Wildman–Crippen MR) is 108 cm³/mol. The van der Waals surface area contributed by atoms with E-state index < -0.39 is 5.91 Å². The van der Waals surface area contributed by atoms with E-state index in [2.05, 4.69) is 5.32 Å². The van der Waals surface area contributed by atoms with Gasteiger partial charge in [0.2, 0.25) is 0 Å². The highest BCUT2D eigenvalue weighted by Crippen LogP contribution is 2.20. The van der Waals surface area contributed by atoms with Crippen LogP contribution in [-0.2, 0) is 4.79 Å². The van der Waals surface area contributed by atoms with Gasteiger partial charge < -0.3 is 19.4 Å². The van der Waals surface area contributed by atoms with Gasteiger partial charge in [-0.25, -0.2) is 0 Å². The molecule has 2 aromatic carbocycles. The number of anilines is 1. The number of aromatic nitrogens is 1. The van der Waals surface area contributed by atoms with Crippen LogP contribution in [0.5, 0.6) is 11.5 Å². The van der Waals surface area contributed by atoms with Gasteiger partial charge in [0, 0.05) is 29.3 Å². The molecule has 0 atom stereocenters. The van der Waals surface area contributed by atoms with E-state index in [0.717, 1.165) is 11.4 Å². The van der Waals surface area contributed by atoms with Crippen molar-refractivity contribution in [3.05, 3.63) is 78.1 Å². The van der Waals surface area contributed by atoms with Crippen molar-refractivity contribution in [1.29, 1.82) is 5.26 Å². The molecule has 0 fully saturated rings. The smallest absolute Gasteiger partial charge is 0.266 e. The van der Waals surface area contributed by atoms with Crippen LogP contribution in [0.4, 0.5) is 5.69 Å². The van der Waals surface area contributed by atoms with E-state index in [1.165, 1.54) is 0 Å². The number of nitrogens with one attached hydrogen (secondary N) is 1. The van der Waals surface area contributed by atoms with Crippen molar-refractivity contribution < 1.29 is 14.3 Å². The van der Waals surface area contributed by atoms with Crippen LogP contribution in [0.1, 0.15) is 5.69 Å². The predicted octanol–water partition coefficient (Wildman–Crippen LogP) is 4.04. The molecule has 1 amide bonds. The van der Waals surface area contributed by atoms with Crippen LogP contribution in [0.25, 0.3) is 11.8 Å². The molecule has 0 saturated heterocycles. The maximum absolute atomic E-state index is 12.5. The number of hydrogen-bond acceptors (Lipinski definition) is 4. The maximum atomic E-state index is 12.5. The summed E-state index contributed by atoms with van der Waals surface area (Å²) in [4.78, 5) is 12.5. The van der Waals surface area contributed by atoms with Gasteiger partial charge in [0.05, 0.1) is 14.2 Å². The molecule has 0 aliphatic heterocycles. The first-order valence-electron chi connectivity index (χ1n) is 8.53. The van der Waals surface area contributed by atoms with Gasteiger partial charge in [-0.3, -0.25) is 4.79 Å². The van der Waals surface area contributed by atoms with Gasteiger partial charge in [-0.2, -0.15) is 5.26 Å². The zero-order valence-electron chi connectivity index (χ0n) is 15.5. The van der Waals surface area contributed by atoms with Crippen molar-refractivity contribution in [2.24, 2.45) is 0 Å². The topological polar surface area (TPSA) is 76.3 Å². The molecule has 6 nitrogen and oxygen atoms in total. The molecule has 0 unspecified atom stereocenters. The first kappa shape index (κ1) is 18.8. The van der Waals surface area contributed by atoms with Crippen molar-refractivity contribution in [1.82, 2.24) is 4.57 Å². The molecular weight excluding hydrogens is 354 g/mol. The standard InChI is InChI=1S/C22H19N3O3/c1-27-20-10-8-18(9-11-20)25-12-4-6-19(25)13-16(15-23)22(26)24-17-5-3-7-21(14-17)28-2/h3-14H,1-2H3,(H,24,26)/b16-13-. The molecule has 0 radical (unpaired) electrons. The van der Waals surface area contributed by atoms with Crippen LogP contribution in [0.15, 0.2) is 72.4 Å². The third-order valence-corrected chi connectivity index (χ3v) is 4.12. The highest BCUT2D eigenvalue weighted by molar-refractivity contribution is 6.09. The van der Waals surface area contributed by atoms with Gasteiger partial charge in [-0.05, 0) is 54.6 Å². The van der Waals surface area contributed by atoms with Crippen molar-refractivity contribution in [2.75, 3.05) is 19.5 Å². The van der Waals surface area contributed by atoms with Gasteiger partial charge in [0.25, 0.3) is 5.91 Å². The molecule has 140 valence electrons. The largest absolute Gasteiger partial charge is 0.497 e. The molecule has 1 aromatic heterocycles. The van der Waals surface area contributed by atoms with E-state index in [1.54, 1.807) is 44.6 Å². The number of carbonyl (C=O) groups excluding carboxylic acids is 1. The SMILES string of the molecule is COc1ccc(-n2cccc2/C=C(/C#N)C(=O)Nc2cccc(OC)c2)cc1. The molecular formula is C22H19N3O3. The van der Waals surface area contributed by atoms with Crippen molar-refractivity contribution in [2.45, 2.75) is 0 Å². The summed E-state index contributed by atoms with van der Waals surface area (Å²) < 4.78 is 12.2. The number of methoxy groups -OCH3 is 2. The molecule has 28 heavy (non-hydrogen) atoms. The van der Waals surface area contributed by atoms with Gasteiger partial charge >= 0.3 is 0 Å². The lowest BCUT2D eigenvalue weighted by Gasteiger charge is -2.09. The molecule has 1 heterocycles. The Balaban J connectivity index is 1.85. The van der Waals surface area contributed by atoms with Crippen molar-refractivity contribution in [3.63, 3.8) is 0 Å². The molecule has 0 aliphatic carbocycles. The van der Waals surface area contributed by atoms with Crippen LogP contribution in [-0.4, -0.2) is 24.7 Å². The fourth-order valence-electron chi connectivity index (χ4n) is 2.69. The fraction of sp³-hybridized carbons (Fsp3) is 0.0909. The van der Waals surface area contributed by atoms with Crippen LogP contribution in [0.2, 0.25) is 0 Å². The molecule has 3 rings (SSSR count). The number of rotatable bonds is 6. The minimum atomic E-state index is -0.488. The number of carbonyl (C=O) groups is 1. The normalized spacial score (nSPS) is 10.8. The third-order valence-electron chi connectivity index (χ3n) is 4.12. The van der Waals surface area contributed by atoms with E-state index in [1.807, 2.05) is 53.2 Å². The Bertz CT molecular complexity index is 1040. The third kappa shape index (κ3) is 4.22. The Morgan fingerprint density at radius 1 is 1.04 bits per heavy atom. The number of nitriles is 1. The monoisotopic (exact) mass is 373 g/mol. The molecule has 0 saturated carbocycles. The Morgan fingerprint density at radius 3 is 2.46 bits per heavy atom. The summed E-state index contributed by atoms with van der Waals surface area (Å²) in [7, 11) is 3.16. The Kier molecular flexibility index (Phi) is 5.78. The van der Waals surface area contributed by atoms with Crippen molar-refractivity contribution >= 4 is 17.7 Å². The molecule has 0 bridgehead atoms. The second-order valence-electron chi connectivity index (χ2n) is 5.86. The number of amides is 1. The quantitative estimate of drug-likeness (QED) is 0.523. The average Bonchev–Trinajstić information content (AvgIpc) is 3.20. The lowest BCUT2D eigenvalue weighted by Crippen LogP contribution is -2.13. The molecule has 3 aromatic rings. The van der Waals surface area contributed by atoms with Gasteiger partial charge in [0.15, 0.2) is 0 Å². The highest BCUT2D eigenvalue weighted by Gasteiger charge is 2.12. The van der Waals surface area contributed by atoms with E-state index in [0.29, 0.717) is 17.1 Å². The summed E-state index contributed by atoms with van der Waals surface area (Å²) in [6.07, 6.45) is 3.42. The number of hydrogen-bond donors (Lipinski definition) is 1. The van der Waals surface area contributed by atoms with E-state index in [-0.39, 0.29) is 5.57 Å². The first-order valence-corrected chi connectivity index (χ1v) is 8.53. The number of benzene rings is 2. The summed E-state index contributed by atoms with van der Waals surface area (Å²) in [5.74, 6) is 0.885. The van der Waals surface area contributed by atoms with Gasteiger partial charge in [-0.1, -0.05) is 6.07 Å². The molecule has 0 aliphatic rings. The number of ether oxygens (including phenoxy) is 2. The van der Waals surface area contributed by atoms with Gasteiger partial charge in [0.1, 0.15) is 23.1 Å². The summed E-state index contributed by atoms with van der Waals surface area (Å²) in [5.41, 5.74) is 2.15. The lowest BCUT2D eigenvalue weighted by atomic mass is 10.2. The Morgan fingerprint density at radius 2 is 1.79 bits per heavy atom. The van der Waals surface area contributed by atoms with Crippen LogP contribution >= 0.6 is 0 Å². The second-order valence-corrected chi connectivity index (χ2v) is 5.86. The summed E-state index contributed by atoms with van der Waals surface area (Å²) in [6.45, 7) is 0. The molecule has 6 heteroatoms. The van der Waals surface area contributed by atoms with E-state index in [9.17, 15) is 10.1 Å². The second kappa shape index (κ2) is 8.60. The Hall–Kier alpha value is -3.98. The zero-order valence-corrected chi connectivity index (χ0v) is 15.5. The average molecular weight is 373 g/mol. The first-order chi connectivity index (χ1) is 13.6. The van der Waals surface area contributed by atoms with E-state index in [4.69, 9.17) is 9.47 Å². The van der Waals surface area contributed by atoms with Crippen molar-refractivity contribution in [3.8, 4) is 23.3 Å². The molecule has 0 spiro atoms. The fourth-order valence-corrected chi connectivity index (χ4v) is 2.69. The minimum absolute atomic E-state index is 0.00344. The van der Waals surface area contributed by atoms with Crippen LogP contribution in [0, 0.1) is 11.3 Å². The maximum Gasteiger partial charge on any atom is 0.266 e. The Labute approximate surface area is 163 Å². The summed E-state index contributed by atoms with van der Waals surface area (Å²) >= 11 is 0. The summed E-state index contributed by atoms with van der Waals surface area (Å²) in [6, 6.07) is 20.1. The van der Waals surface area contributed by atoms with Gasteiger partial charge in [-0.15, -0.1) is 0 Å². The minimum Gasteiger partial charge on any atom is -0.497 e. The molecule has 1 N–H and O–H groups in total. The lowest BCUT2D eigenvalue weighted by molar-refractivity contribution is -0.112. The van der Waals surface area contributed by atoms with Crippen LogP contribution in [0.3, 0.4) is 0 Å². The zero-order chi connectivity index (χ0) is 19.9. The number of nitrogens with zero attached hydrogens (tertiary/aromatic N) is 2. The summed E-state index contributed by atoms with van der Waals surface area (Å²) in [5, 5.41) is 12.2.